The molecule has 2 aliphatic rings. The maximum absolute atomic E-state index is 13.0. The van der Waals surface area contributed by atoms with E-state index >= 15 is 0 Å². The third-order valence-electron chi connectivity index (χ3n) is 4.01. The molecule has 5 atom stereocenters. The van der Waals surface area contributed by atoms with Crippen LogP contribution in [0.2, 0.25) is 0 Å². The zero-order chi connectivity index (χ0) is 18.1. The normalized spacial score (nSPS) is 32.7. The zero-order valence-corrected chi connectivity index (χ0v) is 15.3. The highest BCUT2D eigenvalue weighted by atomic mass is 31.2. The topological polar surface area (TPSA) is 63.2 Å². The minimum Gasteiger partial charge on any atom is -0.339 e. The van der Waals surface area contributed by atoms with Crippen molar-refractivity contribution < 1.29 is 27.8 Å². The van der Waals surface area contributed by atoms with Gasteiger partial charge in [-0.2, -0.15) is 0 Å². The first-order chi connectivity index (χ1) is 11.9. The molecule has 3 rings (SSSR count). The molecule has 136 valence electrons. The molecule has 0 aromatic heterocycles. The van der Waals surface area contributed by atoms with Crippen LogP contribution in [0.5, 0.6) is 0 Å². The van der Waals surface area contributed by atoms with Gasteiger partial charge in [0.25, 0.3) is 0 Å². The average Bonchev–Trinajstić information content (AvgIpc) is 3.06. The van der Waals surface area contributed by atoms with Crippen molar-refractivity contribution in [2.45, 2.75) is 50.8 Å². The summed E-state index contributed by atoms with van der Waals surface area (Å²) < 4.78 is 41.6. The summed E-state index contributed by atoms with van der Waals surface area (Å²) in [5.74, 6) is 0.399. The van der Waals surface area contributed by atoms with Crippen LogP contribution in [0.3, 0.4) is 0 Å². The molecule has 2 aliphatic heterocycles. The van der Waals surface area contributed by atoms with Gasteiger partial charge in [0, 0.05) is 5.82 Å². The van der Waals surface area contributed by atoms with Crippen molar-refractivity contribution in [1.82, 2.24) is 0 Å². The molecule has 1 aromatic carbocycles. The lowest BCUT2D eigenvalue weighted by Gasteiger charge is -2.26. The van der Waals surface area contributed by atoms with Crippen LogP contribution >= 0.6 is 7.60 Å². The molecule has 1 aromatic rings. The molecular weight excluding hydrogens is 343 g/mol. The second-order valence-electron chi connectivity index (χ2n) is 6.36. The van der Waals surface area contributed by atoms with Crippen LogP contribution in [0, 0.1) is 0 Å². The lowest BCUT2D eigenvalue weighted by atomic mass is 10.1. The quantitative estimate of drug-likeness (QED) is 0.537. The molecule has 0 radical (unpaired) electrons. The highest BCUT2D eigenvalue weighted by molar-refractivity contribution is 7.57. The van der Waals surface area contributed by atoms with Gasteiger partial charge in [-0.05, 0) is 19.4 Å². The fourth-order valence-electron chi connectivity index (χ4n) is 2.85. The van der Waals surface area contributed by atoms with Gasteiger partial charge in [0.05, 0.1) is 6.61 Å². The Morgan fingerprint density at radius 3 is 2.60 bits per heavy atom. The van der Waals surface area contributed by atoms with E-state index in [1.807, 2.05) is 30.3 Å². The summed E-state index contributed by atoms with van der Waals surface area (Å²) >= 11 is 0. The molecule has 25 heavy (non-hydrogen) atoms. The third kappa shape index (κ3) is 4.11. The lowest BCUT2D eigenvalue weighted by Crippen LogP contribution is -2.35. The fourth-order valence-corrected chi connectivity index (χ4v) is 4.01. The summed E-state index contributed by atoms with van der Waals surface area (Å²) in [4.78, 5) is 0. The molecule has 0 N–H and O–H groups in total. The number of ether oxygens (including phenoxy) is 3. The van der Waals surface area contributed by atoms with Crippen molar-refractivity contribution in [2.75, 3.05) is 0 Å². The minimum atomic E-state index is -3.56. The first-order valence-electron chi connectivity index (χ1n) is 8.10. The van der Waals surface area contributed by atoms with Crippen LogP contribution in [0.4, 0.5) is 0 Å². The number of hydrogen-bond donors (Lipinski definition) is 0. The van der Waals surface area contributed by atoms with Gasteiger partial charge >= 0.3 is 7.60 Å². The molecule has 0 amide bonds. The molecular formula is C18H23O6P. The molecule has 1 unspecified atom stereocenters. The van der Waals surface area contributed by atoms with Crippen molar-refractivity contribution in [1.29, 1.82) is 0 Å². The van der Waals surface area contributed by atoms with Gasteiger partial charge in [0.2, 0.25) is 0 Å². The molecule has 0 spiro atoms. The van der Waals surface area contributed by atoms with Crippen molar-refractivity contribution in [3.05, 3.63) is 60.9 Å². The smallest absolute Gasteiger partial charge is 0.339 e. The molecule has 2 saturated heterocycles. The average molecular weight is 366 g/mol. The second kappa shape index (κ2) is 7.16. The Labute approximate surface area is 147 Å². The van der Waals surface area contributed by atoms with Crippen molar-refractivity contribution in [3.8, 4) is 0 Å². The predicted molar refractivity (Wildman–Crippen MR) is 92.8 cm³/mol. The highest BCUT2D eigenvalue weighted by Gasteiger charge is 2.56. The van der Waals surface area contributed by atoms with E-state index in [4.69, 9.17) is 23.3 Å². The SMILES string of the molecule is C=C[C@H]1O[C@H]2OC(C)(C)O[C@@H]2[C@H]1OP(=O)(C=C)OCc1ccccc1. The van der Waals surface area contributed by atoms with Crippen molar-refractivity contribution in [2.24, 2.45) is 0 Å². The Bertz CT molecular complexity index is 673. The number of benzene rings is 1. The van der Waals surface area contributed by atoms with Gasteiger partial charge in [-0.25, -0.2) is 0 Å². The molecule has 2 heterocycles. The first kappa shape index (κ1) is 18.5. The first-order valence-corrected chi connectivity index (χ1v) is 9.71. The van der Waals surface area contributed by atoms with Crippen molar-refractivity contribution >= 4 is 7.60 Å². The summed E-state index contributed by atoms with van der Waals surface area (Å²) in [5, 5.41) is 0. The van der Waals surface area contributed by atoms with Crippen LogP contribution in [0.25, 0.3) is 0 Å². The van der Waals surface area contributed by atoms with E-state index in [1.165, 1.54) is 5.82 Å². The summed E-state index contributed by atoms with van der Waals surface area (Å²) in [6.07, 6.45) is -0.724. The summed E-state index contributed by atoms with van der Waals surface area (Å²) in [5.41, 5.74) is 0.885. The number of rotatable bonds is 7. The van der Waals surface area contributed by atoms with E-state index in [0.717, 1.165) is 5.56 Å². The summed E-state index contributed by atoms with van der Waals surface area (Å²) in [7, 11) is -3.56. The van der Waals surface area contributed by atoms with E-state index in [1.54, 1.807) is 19.9 Å². The Hall–Kier alpha value is -1.27. The molecule has 0 bridgehead atoms. The van der Waals surface area contributed by atoms with E-state index in [0.29, 0.717) is 0 Å². The van der Waals surface area contributed by atoms with Crippen LogP contribution in [-0.4, -0.2) is 30.4 Å². The number of fused-ring (bicyclic) bond motifs is 1. The lowest BCUT2D eigenvalue weighted by molar-refractivity contribution is -0.207. The molecule has 6 nitrogen and oxygen atoms in total. The van der Waals surface area contributed by atoms with E-state index in [-0.39, 0.29) is 6.61 Å². The molecule has 0 saturated carbocycles. The van der Waals surface area contributed by atoms with E-state index < -0.39 is 38.0 Å². The van der Waals surface area contributed by atoms with Gasteiger partial charge in [0.15, 0.2) is 12.1 Å². The Morgan fingerprint density at radius 2 is 1.96 bits per heavy atom. The second-order valence-corrected chi connectivity index (χ2v) is 8.27. The fraction of sp³-hybridized carbons (Fsp3) is 0.444. The van der Waals surface area contributed by atoms with Crippen molar-refractivity contribution in [3.63, 3.8) is 0 Å². The highest BCUT2D eigenvalue weighted by Crippen LogP contribution is 2.54. The summed E-state index contributed by atoms with van der Waals surface area (Å²) in [6, 6.07) is 9.42. The van der Waals surface area contributed by atoms with Gasteiger partial charge in [-0.3, -0.25) is 9.09 Å². The minimum absolute atomic E-state index is 0.146. The van der Waals surface area contributed by atoms with E-state index in [9.17, 15) is 4.57 Å². The van der Waals surface area contributed by atoms with E-state index in [2.05, 4.69) is 13.2 Å². The predicted octanol–water partition coefficient (Wildman–Crippen LogP) is 3.99. The van der Waals surface area contributed by atoms with Gasteiger partial charge in [0.1, 0.15) is 18.3 Å². The van der Waals surface area contributed by atoms with Crippen LogP contribution in [0.15, 0.2) is 55.4 Å². The third-order valence-corrected chi connectivity index (χ3v) is 5.48. The molecule has 7 heteroatoms. The summed E-state index contributed by atoms with van der Waals surface area (Å²) in [6.45, 7) is 11.1. The Morgan fingerprint density at radius 1 is 1.24 bits per heavy atom. The maximum atomic E-state index is 13.0. The maximum Gasteiger partial charge on any atom is 0.354 e. The van der Waals surface area contributed by atoms with Gasteiger partial charge in [-0.15, -0.1) is 6.58 Å². The van der Waals surface area contributed by atoms with Crippen LogP contribution in [0.1, 0.15) is 19.4 Å². The monoisotopic (exact) mass is 366 g/mol. The number of hydrogen-bond acceptors (Lipinski definition) is 6. The largest absolute Gasteiger partial charge is 0.354 e. The van der Waals surface area contributed by atoms with Gasteiger partial charge < -0.3 is 18.7 Å². The molecule has 0 aliphatic carbocycles. The standard InChI is InChI=1S/C18H23O6P/c1-5-14-15(16-17(21-14)23-18(3,4)22-16)24-25(19,6-2)20-12-13-10-8-7-9-11-13/h5-11,14-17H,1-2,12H2,3-4H3/t14-,15+,16-,17+,25?/m1/s1. The molecule has 2 fully saturated rings. The Balaban J connectivity index is 1.71. The van der Waals surface area contributed by atoms with Crippen LogP contribution in [-0.2, 0) is 34.4 Å². The zero-order valence-electron chi connectivity index (χ0n) is 14.4. The Kier molecular flexibility index (Phi) is 5.30. The van der Waals surface area contributed by atoms with Crippen LogP contribution < -0.4 is 0 Å². The van der Waals surface area contributed by atoms with Gasteiger partial charge in [-0.1, -0.05) is 43.0 Å².